The Morgan fingerprint density at radius 1 is 0.640 bits per heavy atom. The summed E-state index contributed by atoms with van der Waals surface area (Å²) in [6, 6.07) is 0. The van der Waals surface area contributed by atoms with Crippen LogP contribution in [0, 0.1) is 0 Å². The van der Waals surface area contributed by atoms with Gasteiger partial charge < -0.3 is 4.79 Å². The summed E-state index contributed by atoms with van der Waals surface area (Å²) in [5.41, 5.74) is 0. The predicted octanol–water partition coefficient (Wildman–Crippen LogP) is 7.35. The van der Waals surface area contributed by atoms with Crippen LogP contribution in [-0.4, -0.2) is 11.6 Å². The summed E-state index contributed by atoms with van der Waals surface area (Å²) in [7, 11) is 0. The third kappa shape index (κ3) is 21.0. The summed E-state index contributed by atoms with van der Waals surface area (Å²) in [4.78, 5) is 22.6. The maximum atomic E-state index is 11.8. The van der Waals surface area contributed by atoms with Crippen LogP contribution in [-0.2, 0) is 9.59 Å². The van der Waals surface area contributed by atoms with Crippen molar-refractivity contribution in [2.45, 2.75) is 123 Å². The van der Waals surface area contributed by atoms with Crippen LogP contribution >= 0.6 is 0 Å². The van der Waals surface area contributed by atoms with Crippen molar-refractivity contribution in [3.63, 3.8) is 0 Å². The van der Waals surface area contributed by atoms with Crippen molar-refractivity contribution < 1.29 is 9.59 Å². The fraction of sp³-hybridized carbons (Fsp3) is 0.826. The van der Waals surface area contributed by atoms with Crippen LogP contribution in [0.1, 0.15) is 123 Å². The van der Waals surface area contributed by atoms with E-state index in [0.29, 0.717) is 12.8 Å². The lowest BCUT2D eigenvalue weighted by molar-refractivity contribution is -0.117. The number of allylic oxidation sites excluding steroid dienone is 2. The van der Waals surface area contributed by atoms with Gasteiger partial charge in [0.05, 0.1) is 0 Å². The molecular formula is C23H42O2. The summed E-state index contributed by atoms with van der Waals surface area (Å²) < 4.78 is 0. The van der Waals surface area contributed by atoms with Crippen LogP contribution in [0.2, 0.25) is 0 Å². The van der Waals surface area contributed by atoms with Crippen molar-refractivity contribution in [1.82, 2.24) is 0 Å². The minimum atomic E-state index is 0.277. The normalized spacial score (nSPS) is 11.3. The van der Waals surface area contributed by atoms with Crippen LogP contribution in [0.4, 0.5) is 0 Å². The van der Waals surface area contributed by atoms with E-state index < -0.39 is 0 Å². The first-order valence-electron chi connectivity index (χ1n) is 10.9. The summed E-state index contributed by atoms with van der Waals surface area (Å²) in [6.45, 7) is 3.91. The lowest BCUT2D eigenvalue weighted by Gasteiger charge is -2.01. The number of ketones is 2. The predicted molar refractivity (Wildman–Crippen MR) is 109 cm³/mol. The monoisotopic (exact) mass is 350 g/mol. The number of hydrogen-bond acceptors (Lipinski definition) is 2. The first-order chi connectivity index (χ1) is 12.2. The molecule has 2 nitrogen and oxygen atoms in total. The van der Waals surface area contributed by atoms with E-state index >= 15 is 0 Å². The van der Waals surface area contributed by atoms with Crippen LogP contribution in [0.5, 0.6) is 0 Å². The van der Waals surface area contributed by atoms with Crippen molar-refractivity contribution in [2.24, 2.45) is 0 Å². The number of unbranched alkanes of at least 4 members (excludes halogenated alkanes) is 13. The van der Waals surface area contributed by atoms with Crippen molar-refractivity contribution in [2.75, 3.05) is 0 Å². The second-order valence-electron chi connectivity index (χ2n) is 7.46. The van der Waals surface area contributed by atoms with Gasteiger partial charge in [0.15, 0.2) is 5.78 Å². The maximum Gasteiger partial charge on any atom is 0.155 e. The fourth-order valence-electron chi connectivity index (χ4n) is 3.07. The van der Waals surface area contributed by atoms with E-state index in [1.54, 1.807) is 13.0 Å². The van der Waals surface area contributed by atoms with E-state index in [1.807, 2.05) is 0 Å². The Morgan fingerprint density at radius 3 is 1.68 bits per heavy atom. The summed E-state index contributed by atoms with van der Waals surface area (Å²) >= 11 is 0. The van der Waals surface area contributed by atoms with E-state index in [-0.39, 0.29) is 11.6 Å². The van der Waals surface area contributed by atoms with E-state index in [0.717, 1.165) is 38.5 Å². The highest BCUT2D eigenvalue weighted by molar-refractivity contribution is 5.89. The van der Waals surface area contributed by atoms with Crippen LogP contribution in [0.15, 0.2) is 12.2 Å². The summed E-state index contributed by atoms with van der Waals surface area (Å²) in [5, 5.41) is 0. The second kappa shape index (κ2) is 19.4. The van der Waals surface area contributed by atoms with Crippen molar-refractivity contribution in [1.29, 1.82) is 0 Å². The average molecular weight is 351 g/mol. The number of Topliss-reactive ketones (excluding diaryl/α,β-unsaturated/α-hetero) is 1. The van der Waals surface area contributed by atoms with Gasteiger partial charge in [0.25, 0.3) is 0 Å². The van der Waals surface area contributed by atoms with Crippen LogP contribution in [0.25, 0.3) is 0 Å². The van der Waals surface area contributed by atoms with Crippen molar-refractivity contribution >= 4 is 11.6 Å². The zero-order valence-electron chi connectivity index (χ0n) is 17.0. The molecule has 0 fully saturated rings. The molecule has 0 aliphatic heterocycles. The second-order valence-corrected chi connectivity index (χ2v) is 7.46. The van der Waals surface area contributed by atoms with Crippen LogP contribution in [0.3, 0.4) is 0 Å². The van der Waals surface area contributed by atoms with E-state index in [4.69, 9.17) is 0 Å². The van der Waals surface area contributed by atoms with E-state index in [9.17, 15) is 9.59 Å². The average Bonchev–Trinajstić information content (AvgIpc) is 2.58. The summed E-state index contributed by atoms with van der Waals surface area (Å²) in [6.07, 6.45) is 23.8. The lowest BCUT2D eigenvalue weighted by Crippen LogP contribution is -1.93. The smallest absolute Gasteiger partial charge is 0.155 e. The highest BCUT2D eigenvalue weighted by Crippen LogP contribution is 2.11. The molecule has 0 rings (SSSR count). The molecule has 0 bridgehead atoms. The molecule has 25 heavy (non-hydrogen) atoms. The molecule has 0 aliphatic carbocycles. The molecule has 0 aliphatic rings. The van der Waals surface area contributed by atoms with Gasteiger partial charge in [-0.05, 0) is 38.7 Å². The molecule has 0 aromatic heterocycles. The van der Waals surface area contributed by atoms with E-state index in [1.165, 1.54) is 57.8 Å². The SMILES string of the molecule is CCCCCCCCCCC/C=C/C(=O)CCCCCCCC(C)=O. The van der Waals surface area contributed by atoms with Crippen molar-refractivity contribution in [3.8, 4) is 0 Å². The quantitative estimate of drug-likeness (QED) is 0.180. The Balaban J connectivity index is 3.28. The number of carbonyl (C=O) groups is 2. The first-order valence-corrected chi connectivity index (χ1v) is 10.9. The van der Waals surface area contributed by atoms with Gasteiger partial charge in [-0.15, -0.1) is 0 Å². The first kappa shape index (κ1) is 24.1. The number of hydrogen-bond donors (Lipinski definition) is 0. The molecule has 0 amide bonds. The topological polar surface area (TPSA) is 34.1 Å². The third-order valence-corrected chi connectivity index (χ3v) is 4.73. The molecule has 2 heteroatoms. The number of rotatable bonds is 19. The highest BCUT2D eigenvalue weighted by Gasteiger charge is 1.98. The molecule has 0 aromatic rings. The summed E-state index contributed by atoms with van der Waals surface area (Å²) in [5.74, 6) is 0.562. The van der Waals surface area contributed by atoms with Gasteiger partial charge in [-0.1, -0.05) is 83.6 Å². The Kier molecular flexibility index (Phi) is 18.7. The fourth-order valence-corrected chi connectivity index (χ4v) is 3.07. The Bertz CT molecular complexity index is 344. The minimum Gasteiger partial charge on any atom is -0.300 e. The van der Waals surface area contributed by atoms with Gasteiger partial charge in [-0.3, -0.25) is 4.79 Å². The van der Waals surface area contributed by atoms with Gasteiger partial charge in [0, 0.05) is 12.8 Å². The molecule has 0 N–H and O–H groups in total. The molecule has 0 atom stereocenters. The van der Waals surface area contributed by atoms with Gasteiger partial charge in [0.1, 0.15) is 5.78 Å². The molecule has 146 valence electrons. The Hall–Kier alpha value is -0.920. The van der Waals surface area contributed by atoms with Crippen molar-refractivity contribution in [3.05, 3.63) is 12.2 Å². The maximum absolute atomic E-state index is 11.8. The molecule has 0 radical (unpaired) electrons. The number of carbonyl (C=O) groups excluding carboxylic acids is 2. The minimum absolute atomic E-state index is 0.277. The van der Waals surface area contributed by atoms with Gasteiger partial charge in [-0.25, -0.2) is 0 Å². The molecule has 0 saturated carbocycles. The van der Waals surface area contributed by atoms with Gasteiger partial charge >= 0.3 is 0 Å². The molecular weight excluding hydrogens is 308 g/mol. The largest absolute Gasteiger partial charge is 0.300 e. The zero-order chi connectivity index (χ0) is 18.6. The molecule has 0 spiro atoms. The molecule has 0 unspecified atom stereocenters. The van der Waals surface area contributed by atoms with Gasteiger partial charge in [-0.2, -0.15) is 0 Å². The molecule has 0 aromatic carbocycles. The van der Waals surface area contributed by atoms with Gasteiger partial charge in [0.2, 0.25) is 0 Å². The molecule has 0 saturated heterocycles. The highest BCUT2D eigenvalue weighted by atomic mass is 16.1. The molecule has 0 heterocycles. The lowest BCUT2D eigenvalue weighted by atomic mass is 10.1. The Labute approximate surface area is 156 Å². The Morgan fingerprint density at radius 2 is 1.12 bits per heavy atom. The third-order valence-electron chi connectivity index (χ3n) is 4.73. The standard InChI is InChI=1S/C23H42O2/c1-3-4-5-6-7-8-9-10-11-14-17-20-23(25)21-18-15-12-13-16-19-22(2)24/h17,20H,3-16,18-19,21H2,1-2H3/b20-17+. The zero-order valence-corrected chi connectivity index (χ0v) is 17.0. The van der Waals surface area contributed by atoms with E-state index in [2.05, 4.69) is 13.0 Å². The van der Waals surface area contributed by atoms with Crippen LogP contribution < -0.4 is 0 Å².